The number of benzene rings is 2. The second-order valence-corrected chi connectivity index (χ2v) is 6.46. The second-order valence-electron chi connectivity index (χ2n) is 6.04. The van der Waals surface area contributed by atoms with E-state index in [0.29, 0.717) is 0 Å². The van der Waals surface area contributed by atoms with Gasteiger partial charge in [0.25, 0.3) is 0 Å². The van der Waals surface area contributed by atoms with Crippen molar-refractivity contribution in [1.29, 1.82) is 5.41 Å². The first-order valence-corrected chi connectivity index (χ1v) is 8.43. The molecule has 4 nitrogen and oxygen atoms in total. The highest BCUT2D eigenvalue weighted by molar-refractivity contribution is 7.96. The molecule has 0 amide bonds. The van der Waals surface area contributed by atoms with E-state index in [9.17, 15) is 22.0 Å². The quantitative estimate of drug-likeness (QED) is 0.222. The van der Waals surface area contributed by atoms with E-state index >= 15 is 0 Å². The van der Waals surface area contributed by atoms with Crippen molar-refractivity contribution in [3.05, 3.63) is 70.8 Å². The lowest BCUT2D eigenvalue weighted by Gasteiger charge is -2.17. The van der Waals surface area contributed by atoms with Crippen LogP contribution in [0.4, 0.5) is 22.0 Å². The molecule has 10 heteroatoms. The largest absolute Gasteiger partial charge is 0.416 e. The molecule has 0 saturated carbocycles. The molecule has 28 heavy (non-hydrogen) atoms. The van der Waals surface area contributed by atoms with Crippen LogP contribution in [0.15, 0.2) is 47.5 Å². The normalized spacial score (nSPS) is 22.1. The number of amidine groups is 1. The number of hydrogen-bond acceptors (Lipinski definition) is 2. The zero-order valence-electron chi connectivity index (χ0n) is 14.1. The second kappa shape index (κ2) is 7.51. The fourth-order valence-electron chi connectivity index (χ4n) is 3.01. The molecule has 2 N–H and O–H groups in total. The monoisotopic (exact) mass is 415 g/mol. The Morgan fingerprint density at radius 2 is 1.93 bits per heavy atom. The SMILES string of the molecule is N=C/N=C(/S)NC[C@]1(c2ccc(F)c(F)c2)OC1c1ccccc1C(F)(F)F. The average molecular weight is 415 g/mol. The molecule has 0 radical (unpaired) electrons. The molecule has 1 fully saturated rings. The lowest BCUT2D eigenvalue weighted by atomic mass is 9.89. The Kier molecular flexibility index (Phi) is 5.44. The van der Waals surface area contributed by atoms with Crippen LogP contribution in [0.3, 0.4) is 0 Å². The minimum atomic E-state index is -4.61. The molecule has 0 aromatic heterocycles. The molecule has 0 bridgehead atoms. The molecule has 2 aromatic carbocycles. The molecule has 2 atom stereocenters. The summed E-state index contributed by atoms with van der Waals surface area (Å²) in [6.07, 6.45) is -4.93. The van der Waals surface area contributed by atoms with Crippen molar-refractivity contribution in [3.8, 4) is 0 Å². The third-order valence-corrected chi connectivity index (χ3v) is 4.62. The highest BCUT2D eigenvalue weighted by atomic mass is 32.1. The molecular weight excluding hydrogens is 401 g/mol. The van der Waals surface area contributed by atoms with E-state index in [0.717, 1.165) is 24.5 Å². The maximum Gasteiger partial charge on any atom is 0.416 e. The van der Waals surface area contributed by atoms with Gasteiger partial charge in [0.1, 0.15) is 18.0 Å². The third kappa shape index (κ3) is 3.88. The number of thiol groups is 1. The summed E-state index contributed by atoms with van der Waals surface area (Å²) < 4.78 is 72.9. The van der Waals surface area contributed by atoms with Gasteiger partial charge in [-0.05, 0) is 29.3 Å². The molecule has 1 aliphatic heterocycles. The minimum Gasteiger partial charge on any atom is -0.361 e. The summed E-state index contributed by atoms with van der Waals surface area (Å²) in [5.74, 6) is -2.23. The van der Waals surface area contributed by atoms with Crippen molar-refractivity contribution in [2.45, 2.75) is 17.9 Å². The molecule has 0 aliphatic carbocycles. The van der Waals surface area contributed by atoms with Crippen molar-refractivity contribution < 1.29 is 26.7 Å². The van der Waals surface area contributed by atoms with Gasteiger partial charge in [0, 0.05) is 0 Å². The van der Waals surface area contributed by atoms with E-state index < -0.39 is 35.1 Å². The summed E-state index contributed by atoms with van der Waals surface area (Å²) in [4.78, 5) is 3.58. The third-order valence-electron chi connectivity index (χ3n) is 4.35. The first kappa shape index (κ1) is 20.3. The maximum atomic E-state index is 13.8. The van der Waals surface area contributed by atoms with Gasteiger partial charge in [0.2, 0.25) is 0 Å². The number of halogens is 5. The van der Waals surface area contributed by atoms with E-state index in [1.165, 1.54) is 24.3 Å². The van der Waals surface area contributed by atoms with Crippen LogP contribution in [-0.2, 0) is 16.5 Å². The van der Waals surface area contributed by atoms with Crippen molar-refractivity contribution in [2.75, 3.05) is 6.54 Å². The molecule has 1 saturated heterocycles. The topological polar surface area (TPSA) is 60.8 Å². The minimum absolute atomic E-state index is 0.0234. The Hall–Kier alpha value is -2.46. The molecule has 3 rings (SSSR count). The van der Waals surface area contributed by atoms with Crippen molar-refractivity contribution in [1.82, 2.24) is 5.32 Å². The number of ether oxygens (including phenoxy) is 1. The van der Waals surface area contributed by atoms with Crippen LogP contribution in [0.1, 0.15) is 22.8 Å². The van der Waals surface area contributed by atoms with Gasteiger partial charge in [0.15, 0.2) is 16.8 Å². The standard InChI is InChI=1S/C18H14F5N3OS/c19-13-6-5-10(7-14(13)20)17(8-25-16(28)26-9-24)15(27-17)11-3-1-2-4-12(11)18(21,22)23/h1-7,9,15H,8H2,(H3,24,25,26,28)/t15?,17-/m1/s1. The zero-order chi connectivity index (χ0) is 20.5. The Morgan fingerprint density at radius 1 is 1.21 bits per heavy atom. The fraction of sp³-hybridized carbons (Fsp3) is 0.222. The van der Waals surface area contributed by atoms with Crippen LogP contribution in [0, 0.1) is 17.0 Å². The lowest BCUT2D eigenvalue weighted by Crippen LogP contribution is -2.31. The Morgan fingerprint density at radius 3 is 2.57 bits per heavy atom. The number of rotatable bonds is 5. The number of alkyl halides is 3. The van der Waals surface area contributed by atoms with Crippen LogP contribution in [-0.4, -0.2) is 18.1 Å². The summed E-state index contributed by atoms with van der Waals surface area (Å²) in [5.41, 5.74) is -2.21. The molecule has 1 heterocycles. The van der Waals surface area contributed by atoms with E-state index in [2.05, 4.69) is 22.9 Å². The molecule has 2 aromatic rings. The highest BCUT2D eigenvalue weighted by Gasteiger charge is 2.60. The predicted octanol–water partition coefficient (Wildman–Crippen LogP) is 4.43. The summed E-state index contributed by atoms with van der Waals surface area (Å²) in [6.45, 7) is -0.120. The summed E-state index contributed by atoms with van der Waals surface area (Å²) >= 11 is 4.00. The molecule has 148 valence electrons. The van der Waals surface area contributed by atoms with Crippen LogP contribution < -0.4 is 5.32 Å². The van der Waals surface area contributed by atoms with Crippen LogP contribution in [0.5, 0.6) is 0 Å². The number of nitrogens with one attached hydrogen (secondary N) is 2. The molecule has 1 aliphatic rings. The number of epoxide rings is 1. The maximum absolute atomic E-state index is 13.8. The zero-order valence-corrected chi connectivity index (χ0v) is 15.0. The summed E-state index contributed by atoms with van der Waals surface area (Å²) in [5, 5.41) is 9.66. The van der Waals surface area contributed by atoms with E-state index in [1.807, 2.05) is 0 Å². The number of hydrogen-bond donors (Lipinski definition) is 3. The van der Waals surface area contributed by atoms with Gasteiger partial charge in [0.05, 0.1) is 12.1 Å². The van der Waals surface area contributed by atoms with E-state index in [1.54, 1.807) is 0 Å². The smallest absolute Gasteiger partial charge is 0.361 e. The van der Waals surface area contributed by atoms with Crippen molar-refractivity contribution in [2.24, 2.45) is 4.99 Å². The van der Waals surface area contributed by atoms with Gasteiger partial charge < -0.3 is 10.1 Å². The number of nitrogens with zero attached hydrogens (tertiary/aromatic N) is 1. The summed E-state index contributed by atoms with van der Waals surface area (Å²) in [6, 6.07) is 7.93. The first-order valence-electron chi connectivity index (χ1n) is 7.98. The van der Waals surface area contributed by atoms with Gasteiger partial charge >= 0.3 is 6.18 Å². The Bertz CT molecular complexity index is 934. The van der Waals surface area contributed by atoms with Crippen molar-refractivity contribution >= 4 is 24.1 Å². The van der Waals surface area contributed by atoms with E-state index in [-0.39, 0.29) is 22.8 Å². The fourth-order valence-corrected chi connectivity index (χ4v) is 3.14. The first-order chi connectivity index (χ1) is 13.2. The highest BCUT2D eigenvalue weighted by Crippen LogP contribution is 2.58. The van der Waals surface area contributed by atoms with Crippen LogP contribution >= 0.6 is 12.6 Å². The van der Waals surface area contributed by atoms with E-state index in [4.69, 9.17) is 10.1 Å². The lowest BCUT2D eigenvalue weighted by molar-refractivity contribution is -0.138. The van der Waals surface area contributed by atoms with Gasteiger partial charge in [-0.3, -0.25) is 5.41 Å². The van der Waals surface area contributed by atoms with Gasteiger partial charge in [-0.2, -0.15) is 13.2 Å². The number of aliphatic imine (C=N–C) groups is 1. The molecule has 0 spiro atoms. The van der Waals surface area contributed by atoms with Gasteiger partial charge in [-0.1, -0.05) is 24.3 Å². The Balaban J connectivity index is 2.02. The van der Waals surface area contributed by atoms with Crippen molar-refractivity contribution in [3.63, 3.8) is 0 Å². The van der Waals surface area contributed by atoms with Gasteiger partial charge in [-0.15, -0.1) is 12.6 Å². The van der Waals surface area contributed by atoms with Gasteiger partial charge in [-0.25, -0.2) is 13.8 Å². The predicted molar refractivity (Wildman–Crippen MR) is 96.5 cm³/mol. The van der Waals surface area contributed by atoms with Crippen LogP contribution in [0.25, 0.3) is 0 Å². The Labute approximate surface area is 162 Å². The molecule has 1 unspecified atom stereocenters. The summed E-state index contributed by atoms with van der Waals surface area (Å²) in [7, 11) is 0. The van der Waals surface area contributed by atoms with Crippen LogP contribution in [0.2, 0.25) is 0 Å². The average Bonchev–Trinajstić information content (AvgIpc) is 3.38. The molecular formula is C18H14F5N3OS.